The minimum atomic E-state index is -0.398. The molecule has 0 saturated carbocycles. The van der Waals surface area contributed by atoms with Crippen LogP contribution in [-0.2, 0) is 6.42 Å². The zero-order chi connectivity index (χ0) is 27.4. The van der Waals surface area contributed by atoms with Gasteiger partial charge in [-0.15, -0.1) is 0 Å². The molecule has 0 saturated heterocycles. The van der Waals surface area contributed by atoms with E-state index in [1.807, 2.05) is 49.3 Å². The van der Waals surface area contributed by atoms with E-state index in [-0.39, 0.29) is 0 Å². The molecule has 5 aromatic rings. The third-order valence-electron chi connectivity index (χ3n) is 6.46. The second-order valence-corrected chi connectivity index (χ2v) is 9.44. The van der Waals surface area contributed by atoms with Crippen LogP contribution in [0.3, 0.4) is 0 Å². The molecule has 0 unspecified atom stereocenters. The van der Waals surface area contributed by atoms with Crippen LogP contribution in [0.25, 0.3) is 39.1 Å². The normalized spacial score (nSPS) is 11.9. The van der Waals surface area contributed by atoms with Crippen LogP contribution in [0.5, 0.6) is 5.75 Å². The maximum atomic E-state index is 14.7. The number of benzene rings is 1. The smallest absolute Gasteiger partial charge is 0.181 e. The van der Waals surface area contributed by atoms with Gasteiger partial charge >= 0.3 is 0 Å². The number of fused-ring (bicyclic) bond motifs is 1. The van der Waals surface area contributed by atoms with E-state index < -0.39 is 5.82 Å². The number of aromatic nitrogens is 5. The Hall–Kier alpha value is -4.63. The molecule has 5 rings (SSSR count). The van der Waals surface area contributed by atoms with Gasteiger partial charge in [0.1, 0.15) is 18.2 Å². The van der Waals surface area contributed by atoms with Crippen LogP contribution in [0, 0.1) is 11.2 Å². The van der Waals surface area contributed by atoms with Gasteiger partial charge < -0.3 is 20.0 Å². The summed E-state index contributed by atoms with van der Waals surface area (Å²) in [6.07, 6.45) is 8.93. The largest absolute Gasteiger partial charge is 0.492 e. The molecule has 0 spiro atoms. The molecule has 0 amide bonds. The van der Waals surface area contributed by atoms with E-state index in [2.05, 4.69) is 32.1 Å². The number of H-pyrrole nitrogens is 2. The molecular weight excluding hydrogens is 493 g/mol. The molecule has 1 aromatic carbocycles. The molecule has 0 aliphatic heterocycles. The van der Waals surface area contributed by atoms with Gasteiger partial charge in [-0.1, -0.05) is 13.0 Å². The second kappa shape index (κ2) is 11.4. The number of pyridine rings is 2. The van der Waals surface area contributed by atoms with Crippen LogP contribution >= 0.6 is 0 Å². The number of allylic oxidation sites excluding steroid dienone is 1. The van der Waals surface area contributed by atoms with E-state index in [1.54, 1.807) is 24.7 Å². The van der Waals surface area contributed by atoms with Crippen molar-refractivity contribution in [2.45, 2.75) is 13.3 Å². The maximum Gasteiger partial charge on any atom is 0.181 e. The van der Waals surface area contributed by atoms with Crippen molar-refractivity contribution in [3.63, 3.8) is 0 Å². The predicted molar refractivity (Wildman–Crippen MR) is 153 cm³/mol. The summed E-state index contributed by atoms with van der Waals surface area (Å²) in [6, 6.07) is 12.6. The Kier molecular flexibility index (Phi) is 7.60. The van der Waals surface area contributed by atoms with Crippen molar-refractivity contribution in [1.29, 1.82) is 5.41 Å². The van der Waals surface area contributed by atoms with Gasteiger partial charge in [-0.2, -0.15) is 5.10 Å². The van der Waals surface area contributed by atoms with E-state index in [0.717, 1.165) is 44.7 Å². The Balaban J connectivity index is 1.55. The fourth-order valence-electron chi connectivity index (χ4n) is 4.52. The number of aryl methyl sites for hydroxylation is 1. The number of nitrogens with zero attached hydrogens (tertiary/aromatic N) is 4. The Morgan fingerprint density at radius 3 is 2.74 bits per heavy atom. The molecule has 3 N–H and O–H groups in total. The van der Waals surface area contributed by atoms with Crippen LogP contribution < -0.4 is 4.74 Å². The van der Waals surface area contributed by atoms with Crippen LogP contribution in [0.4, 0.5) is 4.39 Å². The molecule has 4 aromatic heterocycles. The van der Waals surface area contributed by atoms with E-state index in [4.69, 9.17) is 10.1 Å². The van der Waals surface area contributed by atoms with Crippen LogP contribution in [0.15, 0.2) is 67.1 Å². The number of ether oxygens (including phenoxy) is 1. The number of halogens is 1. The number of hydrogen-bond acceptors (Lipinski definition) is 6. The third kappa shape index (κ3) is 5.63. The molecule has 9 heteroatoms. The van der Waals surface area contributed by atoms with E-state index in [9.17, 15) is 4.39 Å². The highest BCUT2D eigenvalue weighted by Crippen LogP contribution is 2.35. The molecule has 0 atom stereocenters. The number of aromatic amines is 2. The zero-order valence-electron chi connectivity index (χ0n) is 22.1. The second-order valence-electron chi connectivity index (χ2n) is 9.44. The summed E-state index contributed by atoms with van der Waals surface area (Å²) in [5, 5.41) is 16.2. The molecule has 0 fully saturated rings. The quantitative estimate of drug-likeness (QED) is 0.203. The fraction of sp³-hybridized carbons (Fsp3) is 0.200. The summed E-state index contributed by atoms with van der Waals surface area (Å²) in [7, 11) is 3.92. The van der Waals surface area contributed by atoms with Crippen molar-refractivity contribution in [2.24, 2.45) is 0 Å². The monoisotopic (exact) mass is 523 g/mol. The van der Waals surface area contributed by atoms with Gasteiger partial charge in [0, 0.05) is 65.2 Å². The van der Waals surface area contributed by atoms with Gasteiger partial charge in [0.15, 0.2) is 5.65 Å². The van der Waals surface area contributed by atoms with Crippen molar-refractivity contribution in [2.75, 3.05) is 27.2 Å². The zero-order valence-corrected chi connectivity index (χ0v) is 22.1. The number of nitrogens with one attached hydrogen (secondary N) is 3. The predicted octanol–water partition coefficient (Wildman–Crippen LogP) is 5.74. The summed E-state index contributed by atoms with van der Waals surface area (Å²) in [5.41, 5.74) is 7.31. The molecule has 0 aliphatic rings. The highest BCUT2D eigenvalue weighted by atomic mass is 19.1. The number of rotatable bonds is 10. The summed E-state index contributed by atoms with van der Waals surface area (Å²) in [4.78, 5) is 14.3. The van der Waals surface area contributed by atoms with Crippen molar-refractivity contribution >= 4 is 22.8 Å². The summed E-state index contributed by atoms with van der Waals surface area (Å²) in [6.45, 7) is 3.21. The van der Waals surface area contributed by atoms with Gasteiger partial charge in [-0.3, -0.25) is 10.1 Å². The molecule has 198 valence electrons. The summed E-state index contributed by atoms with van der Waals surface area (Å²) >= 11 is 0. The SMILES string of the molecule is CCc1[nH]c(-c2[nH]nc3ncc(-c4cccnc4)cc23)cc1/C(=C\C=N)c1cc(F)cc(OCCN(C)C)c1. The number of likely N-dealkylation sites (N-methyl/N-ethyl adjacent to an activating group) is 1. The van der Waals surface area contributed by atoms with Crippen molar-refractivity contribution in [1.82, 2.24) is 30.0 Å². The van der Waals surface area contributed by atoms with Crippen molar-refractivity contribution < 1.29 is 9.13 Å². The summed E-state index contributed by atoms with van der Waals surface area (Å²) < 4.78 is 20.5. The molecule has 8 nitrogen and oxygen atoms in total. The minimum absolute atomic E-state index is 0.398. The van der Waals surface area contributed by atoms with E-state index >= 15 is 0 Å². The Morgan fingerprint density at radius 2 is 2.00 bits per heavy atom. The van der Waals surface area contributed by atoms with E-state index in [1.165, 1.54) is 18.3 Å². The Bertz CT molecular complexity index is 1640. The molecule has 0 bridgehead atoms. The van der Waals surface area contributed by atoms with Gasteiger partial charge in [-0.05, 0) is 68.1 Å². The molecule has 0 aliphatic carbocycles. The van der Waals surface area contributed by atoms with Gasteiger partial charge in [0.05, 0.1) is 11.4 Å². The minimum Gasteiger partial charge on any atom is -0.492 e. The Labute approximate surface area is 226 Å². The van der Waals surface area contributed by atoms with Crippen LogP contribution in [0.1, 0.15) is 23.7 Å². The number of hydrogen-bond donors (Lipinski definition) is 3. The van der Waals surface area contributed by atoms with Gasteiger partial charge in [0.25, 0.3) is 0 Å². The highest BCUT2D eigenvalue weighted by Gasteiger charge is 2.18. The lowest BCUT2D eigenvalue weighted by Gasteiger charge is -2.13. The van der Waals surface area contributed by atoms with Gasteiger partial charge in [0.2, 0.25) is 0 Å². The third-order valence-corrected chi connectivity index (χ3v) is 6.46. The summed E-state index contributed by atoms with van der Waals surface area (Å²) in [5.74, 6) is 0.0516. The lowest BCUT2D eigenvalue weighted by molar-refractivity contribution is 0.260. The van der Waals surface area contributed by atoms with Crippen LogP contribution in [0.2, 0.25) is 0 Å². The fourth-order valence-corrected chi connectivity index (χ4v) is 4.52. The van der Waals surface area contributed by atoms with Crippen molar-refractivity contribution in [3.05, 3.63) is 89.8 Å². The van der Waals surface area contributed by atoms with Gasteiger partial charge in [-0.25, -0.2) is 9.37 Å². The average molecular weight is 524 g/mol. The lowest BCUT2D eigenvalue weighted by Crippen LogP contribution is -2.19. The average Bonchev–Trinajstić information content (AvgIpc) is 3.55. The first kappa shape index (κ1) is 26.0. The van der Waals surface area contributed by atoms with E-state index in [0.29, 0.717) is 36.5 Å². The standard InChI is InChI=1S/C30H30FN7O/c1-4-27-25(24(7-8-32)20-12-22(31)15-23(13-20)39-11-10-38(2)3)16-28(35-27)29-26-14-21(18-34-30(26)37-36-29)19-6-5-9-33-17-19/h5-9,12-18,32,35H,4,10-11H2,1-3H3,(H,34,36,37)/b24-7-,32-8?. The first-order chi connectivity index (χ1) is 19.0. The lowest BCUT2D eigenvalue weighted by atomic mass is 9.96. The van der Waals surface area contributed by atoms with Crippen LogP contribution in [-0.4, -0.2) is 63.5 Å². The maximum absolute atomic E-state index is 14.7. The molecule has 4 heterocycles. The first-order valence-corrected chi connectivity index (χ1v) is 12.7. The first-order valence-electron chi connectivity index (χ1n) is 12.7. The van der Waals surface area contributed by atoms with Crippen molar-refractivity contribution in [3.8, 4) is 28.3 Å². The molecule has 0 radical (unpaired) electrons. The molecular formula is C30H30FN7O. The Morgan fingerprint density at radius 1 is 1.13 bits per heavy atom. The molecule has 39 heavy (non-hydrogen) atoms. The highest BCUT2D eigenvalue weighted by molar-refractivity contribution is 5.96. The topological polar surface area (TPSA) is 107 Å².